The number of para-hydroxylation sites is 1. The Labute approximate surface area is 152 Å². The molecule has 1 aliphatic carbocycles. The zero-order valence-corrected chi connectivity index (χ0v) is 15.3. The van der Waals surface area contributed by atoms with Crippen molar-refractivity contribution in [2.45, 2.75) is 56.8 Å². The second-order valence-electron chi connectivity index (χ2n) is 6.26. The van der Waals surface area contributed by atoms with Gasteiger partial charge >= 0.3 is 0 Å². The molecule has 3 rings (SSSR count). The Morgan fingerprint density at radius 2 is 2.04 bits per heavy atom. The van der Waals surface area contributed by atoms with Gasteiger partial charge in [0.1, 0.15) is 5.75 Å². The van der Waals surface area contributed by atoms with Gasteiger partial charge in [-0.15, -0.1) is 10.2 Å². The third-order valence-electron chi connectivity index (χ3n) is 4.48. The van der Waals surface area contributed by atoms with Crippen LogP contribution in [-0.2, 0) is 11.3 Å². The maximum absolute atomic E-state index is 12.2. The summed E-state index contributed by atoms with van der Waals surface area (Å²) in [7, 11) is 0. The van der Waals surface area contributed by atoms with Crippen molar-refractivity contribution in [2.24, 2.45) is 0 Å². The first kappa shape index (κ1) is 17.8. The van der Waals surface area contributed by atoms with Crippen molar-refractivity contribution in [1.29, 1.82) is 0 Å². The first-order chi connectivity index (χ1) is 12.2. The second kappa shape index (κ2) is 8.38. The van der Waals surface area contributed by atoms with E-state index in [4.69, 9.17) is 0 Å². The van der Waals surface area contributed by atoms with Gasteiger partial charge in [0.25, 0.3) is 0 Å². The SMILES string of the molecule is CCn1c(SCC(=O)NC2CCCCC2)nnc1-c1ccccc1O. The summed E-state index contributed by atoms with van der Waals surface area (Å²) in [6, 6.07) is 7.40. The Morgan fingerprint density at radius 1 is 1.28 bits per heavy atom. The van der Waals surface area contributed by atoms with Gasteiger partial charge in [0.15, 0.2) is 11.0 Å². The molecule has 2 N–H and O–H groups in total. The second-order valence-corrected chi connectivity index (χ2v) is 7.20. The van der Waals surface area contributed by atoms with Gasteiger partial charge in [-0.25, -0.2) is 0 Å². The highest BCUT2D eigenvalue weighted by Gasteiger charge is 2.19. The van der Waals surface area contributed by atoms with Crippen molar-refractivity contribution in [2.75, 3.05) is 5.75 Å². The minimum atomic E-state index is 0.0478. The molecule has 1 fully saturated rings. The van der Waals surface area contributed by atoms with Gasteiger partial charge in [-0.1, -0.05) is 43.2 Å². The van der Waals surface area contributed by atoms with Crippen LogP contribution in [0, 0.1) is 0 Å². The molecule has 6 nitrogen and oxygen atoms in total. The molecule has 0 bridgehead atoms. The number of amides is 1. The number of phenols is 1. The van der Waals surface area contributed by atoms with E-state index in [2.05, 4.69) is 15.5 Å². The van der Waals surface area contributed by atoms with Gasteiger partial charge in [0, 0.05) is 12.6 Å². The fourth-order valence-corrected chi connectivity index (χ4v) is 4.00. The molecule has 0 saturated heterocycles. The normalized spacial score (nSPS) is 15.2. The molecule has 0 spiro atoms. The van der Waals surface area contributed by atoms with Crippen LogP contribution < -0.4 is 5.32 Å². The molecule has 0 atom stereocenters. The lowest BCUT2D eigenvalue weighted by Crippen LogP contribution is -2.37. The predicted octanol–water partition coefficient (Wildman–Crippen LogP) is 3.21. The fourth-order valence-electron chi connectivity index (χ4n) is 3.19. The molecule has 0 aliphatic heterocycles. The first-order valence-electron chi connectivity index (χ1n) is 8.82. The van der Waals surface area contributed by atoms with Crippen LogP contribution >= 0.6 is 11.8 Å². The smallest absolute Gasteiger partial charge is 0.230 e. The average molecular weight is 360 g/mol. The Balaban J connectivity index is 1.65. The van der Waals surface area contributed by atoms with E-state index in [1.807, 2.05) is 23.6 Å². The van der Waals surface area contributed by atoms with Crippen LogP contribution in [0.25, 0.3) is 11.4 Å². The topological polar surface area (TPSA) is 80.0 Å². The molecule has 0 unspecified atom stereocenters. The summed E-state index contributed by atoms with van der Waals surface area (Å²) in [5, 5.41) is 22.3. The number of aromatic nitrogens is 3. The molecule has 25 heavy (non-hydrogen) atoms. The highest BCUT2D eigenvalue weighted by molar-refractivity contribution is 7.99. The predicted molar refractivity (Wildman–Crippen MR) is 98.5 cm³/mol. The number of nitrogens with zero attached hydrogens (tertiary/aromatic N) is 3. The lowest BCUT2D eigenvalue weighted by Gasteiger charge is -2.22. The number of benzene rings is 1. The number of rotatable bonds is 6. The van der Waals surface area contributed by atoms with Crippen molar-refractivity contribution < 1.29 is 9.90 Å². The van der Waals surface area contributed by atoms with E-state index in [0.29, 0.717) is 34.9 Å². The van der Waals surface area contributed by atoms with Gasteiger partial charge in [0.05, 0.1) is 11.3 Å². The van der Waals surface area contributed by atoms with Crippen LogP contribution in [0.2, 0.25) is 0 Å². The van der Waals surface area contributed by atoms with Gasteiger partial charge in [-0.3, -0.25) is 4.79 Å². The number of phenolic OH excluding ortho intramolecular Hbond substituents is 1. The fraction of sp³-hybridized carbons (Fsp3) is 0.500. The molecule has 134 valence electrons. The number of hydrogen-bond donors (Lipinski definition) is 2. The zero-order chi connectivity index (χ0) is 17.6. The van der Waals surface area contributed by atoms with Gasteiger partial charge in [-0.2, -0.15) is 0 Å². The minimum absolute atomic E-state index is 0.0478. The molecule has 1 aromatic carbocycles. The quantitative estimate of drug-likeness (QED) is 0.773. The Hall–Kier alpha value is -2.02. The van der Waals surface area contributed by atoms with Crippen molar-refractivity contribution in [3.63, 3.8) is 0 Å². The van der Waals surface area contributed by atoms with Crippen molar-refractivity contribution in [3.8, 4) is 17.1 Å². The molecular formula is C18H24N4O2S. The number of thioether (sulfide) groups is 1. The maximum Gasteiger partial charge on any atom is 0.230 e. The van der Waals surface area contributed by atoms with Gasteiger partial charge < -0.3 is 15.0 Å². The third kappa shape index (κ3) is 4.34. The van der Waals surface area contributed by atoms with E-state index in [1.165, 1.54) is 31.0 Å². The van der Waals surface area contributed by atoms with E-state index in [-0.39, 0.29) is 11.7 Å². The molecule has 1 heterocycles. The van der Waals surface area contributed by atoms with Crippen LogP contribution in [0.5, 0.6) is 5.75 Å². The van der Waals surface area contributed by atoms with Crippen molar-refractivity contribution >= 4 is 17.7 Å². The zero-order valence-electron chi connectivity index (χ0n) is 14.4. The maximum atomic E-state index is 12.2. The van der Waals surface area contributed by atoms with Gasteiger partial charge in [-0.05, 0) is 31.9 Å². The lowest BCUT2D eigenvalue weighted by atomic mass is 9.95. The molecule has 0 radical (unpaired) electrons. The summed E-state index contributed by atoms with van der Waals surface area (Å²) in [5.41, 5.74) is 0.648. The van der Waals surface area contributed by atoms with Crippen LogP contribution in [0.3, 0.4) is 0 Å². The Kier molecular flexibility index (Phi) is 5.96. The minimum Gasteiger partial charge on any atom is -0.507 e. The number of carbonyl (C=O) groups is 1. The van der Waals surface area contributed by atoms with Crippen LogP contribution in [-0.4, -0.2) is 37.6 Å². The number of nitrogens with one attached hydrogen (secondary N) is 1. The Bertz CT molecular complexity index is 726. The summed E-state index contributed by atoms with van der Waals surface area (Å²) < 4.78 is 1.92. The number of carbonyl (C=O) groups excluding carboxylic acids is 1. The standard InChI is InChI=1S/C18H24N4O2S/c1-2-22-17(14-10-6-7-11-15(14)23)20-21-18(22)25-12-16(24)19-13-8-4-3-5-9-13/h6-7,10-11,13,23H,2-5,8-9,12H2,1H3,(H,19,24). The molecule has 1 aromatic heterocycles. The molecule has 2 aromatic rings. The van der Waals surface area contributed by atoms with Gasteiger partial charge in [0.2, 0.25) is 5.91 Å². The summed E-state index contributed by atoms with van der Waals surface area (Å²) >= 11 is 1.39. The molecule has 1 amide bonds. The summed E-state index contributed by atoms with van der Waals surface area (Å²) in [4.78, 5) is 12.2. The highest BCUT2D eigenvalue weighted by atomic mass is 32.2. The third-order valence-corrected chi connectivity index (χ3v) is 5.45. The van der Waals surface area contributed by atoms with E-state index < -0.39 is 0 Å². The summed E-state index contributed by atoms with van der Waals surface area (Å²) in [6.45, 7) is 2.67. The molecule has 7 heteroatoms. The van der Waals surface area contributed by atoms with E-state index >= 15 is 0 Å². The van der Waals surface area contributed by atoms with E-state index in [0.717, 1.165) is 12.8 Å². The molecule has 1 aliphatic rings. The molecule has 1 saturated carbocycles. The van der Waals surface area contributed by atoms with Crippen LogP contribution in [0.1, 0.15) is 39.0 Å². The van der Waals surface area contributed by atoms with Crippen molar-refractivity contribution in [1.82, 2.24) is 20.1 Å². The van der Waals surface area contributed by atoms with E-state index in [9.17, 15) is 9.90 Å². The Morgan fingerprint density at radius 3 is 2.76 bits per heavy atom. The van der Waals surface area contributed by atoms with Crippen LogP contribution in [0.4, 0.5) is 0 Å². The largest absolute Gasteiger partial charge is 0.507 e. The van der Waals surface area contributed by atoms with E-state index in [1.54, 1.807) is 12.1 Å². The number of hydrogen-bond acceptors (Lipinski definition) is 5. The summed E-state index contributed by atoms with van der Waals surface area (Å²) in [5.74, 6) is 1.17. The lowest BCUT2D eigenvalue weighted by molar-refractivity contribution is -0.119. The monoisotopic (exact) mass is 360 g/mol. The van der Waals surface area contributed by atoms with Crippen LogP contribution in [0.15, 0.2) is 29.4 Å². The first-order valence-corrected chi connectivity index (χ1v) is 9.81. The number of aromatic hydroxyl groups is 1. The summed E-state index contributed by atoms with van der Waals surface area (Å²) in [6.07, 6.45) is 5.84. The van der Waals surface area contributed by atoms with Crippen molar-refractivity contribution in [3.05, 3.63) is 24.3 Å². The molecular weight excluding hydrogens is 336 g/mol. The average Bonchev–Trinajstić information content (AvgIpc) is 3.04. The highest BCUT2D eigenvalue weighted by Crippen LogP contribution is 2.30.